The molecule has 0 aliphatic carbocycles. The van der Waals surface area contributed by atoms with Gasteiger partial charge in [0.25, 0.3) is 0 Å². The molecule has 0 spiro atoms. The van der Waals surface area contributed by atoms with E-state index in [4.69, 9.17) is 11.6 Å². The van der Waals surface area contributed by atoms with Crippen molar-refractivity contribution in [3.8, 4) is 0 Å². The van der Waals surface area contributed by atoms with Gasteiger partial charge in [0.2, 0.25) is 5.91 Å². The number of rotatable bonds is 6. The lowest BCUT2D eigenvalue weighted by Crippen LogP contribution is -2.33. The van der Waals surface area contributed by atoms with Crippen LogP contribution in [0.4, 0.5) is 13.2 Å². The van der Waals surface area contributed by atoms with Gasteiger partial charge in [-0.1, -0.05) is 11.6 Å². The summed E-state index contributed by atoms with van der Waals surface area (Å²) in [6.45, 7) is 4.14. The van der Waals surface area contributed by atoms with Crippen LogP contribution in [0, 0.1) is 6.92 Å². The molecule has 1 unspecified atom stereocenters. The molecule has 0 radical (unpaired) electrons. The second-order valence-electron chi connectivity index (χ2n) is 5.31. The zero-order chi connectivity index (χ0) is 17.1. The molecular weight excluding hydrogens is 321 g/mol. The molecule has 9 heteroatoms. The van der Waals surface area contributed by atoms with E-state index in [-0.39, 0.29) is 5.69 Å². The minimum absolute atomic E-state index is 0.116. The quantitative estimate of drug-likeness (QED) is 0.809. The Balaban J connectivity index is 2.77. The average molecular weight is 341 g/mol. The van der Waals surface area contributed by atoms with Crippen LogP contribution in [0.3, 0.4) is 0 Å². The van der Waals surface area contributed by atoms with E-state index in [0.717, 1.165) is 17.6 Å². The van der Waals surface area contributed by atoms with Crippen molar-refractivity contribution in [1.29, 1.82) is 0 Å². The van der Waals surface area contributed by atoms with Crippen molar-refractivity contribution < 1.29 is 18.0 Å². The summed E-state index contributed by atoms with van der Waals surface area (Å²) in [5.41, 5.74) is -1.05. The number of aromatic nitrogens is 2. The Hall–Kier alpha value is -1.28. The largest absolute Gasteiger partial charge is 0.436 e. The van der Waals surface area contributed by atoms with Crippen LogP contribution in [0.15, 0.2) is 0 Å². The van der Waals surface area contributed by atoms with E-state index < -0.39 is 28.8 Å². The Morgan fingerprint density at radius 2 is 2.05 bits per heavy atom. The standard InChI is InChI=1S/C13H20ClF3N4O/c1-8-10(14)11(13(15,16)17)19-21(8)9(2)12(22)18-6-5-7-20(3)4/h9H,5-7H2,1-4H3,(H,18,22). The van der Waals surface area contributed by atoms with Crippen molar-refractivity contribution in [2.75, 3.05) is 27.2 Å². The van der Waals surface area contributed by atoms with E-state index >= 15 is 0 Å². The minimum Gasteiger partial charge on any atom is -0.354 e. The molecule has 1 rings (SSSR count). The van der Waals surface area contributed by atoms with Gasteiger partial charge in [0, 0.05) is 6.54 Å². The van der Waals surface area contributed by atoms with Crippen LogP contribution in [-0.4, -0.2) is 47.8 Å². The Bertz CT molecular complexity index is 528. The van der Waals surface area contributed by atoms with Gasteiger partial charge in [-0.2, -0.15) is 18.3 Å². The van der Waals surface area contributed by atoms with Crippen LogP contribution in [0.25, 0.3) is 0 Å². The van der Waals surface area contributed by atoms with E-state index in [1.54, 1.807) is 0 Å². The second kappa shape index (κ2) is 7.32. The summed E-state index contributed by atoms with van der Waals surface area (Å²) in [4.78, 5) is 14.0. The molecule has 0 saturated carbocycles. The SMILES string of the molecule is Cc1c(Cl)c(C(F)(F)F)nn1C(C)C(=O)NCCCN(C)C. The molecule has 1 aromatic rings. The summed E-state index contributed by atoms with van der Waals surface area (Å²) in [5, 5.41) is 5.66. The maximum Gasteiger partial charge on any atom is 0.436 e. The first-order valence-corrected chi connectivity index (χ1v) is 7.17. The zero-order valence-corrected chi connectivity index (χ0v) is 13.7. The number of alkyl halides is 3. The fraction of sp³-hybridized carbons (Fsp3) is 0.692. The van der Waals surface area contributed by atoms with Crippen LogP contribution in [-0.2, 0) is 11.0 Å². The number of nitrogens with zero attached hydrogens (tertiary/aromatic N) is 3. The molecule has 22 heavy (non-hydrogen) atoms. The lowest BCUT2D eigenvalue weighted by Gasteiger charge is -2.15. The maximum atomic E-state index is 12.8. The van der Waals surface area contributed by atoms with Gasteiger partial charge < -0.3 is 10.2 Å². The Labute approximate surface area is 132 Å². The van der Waals surface area contributed by atoms with Gasteiger partial charge in [0.05, 0.1) is 10.7 Å². The highest BCUT2D eigenvalue weighted by molar-refractivity contribution is 6.32. The number of hydrogen-bond donors (Lipinski definition) is 1. The first-order chi connectivity index (χ1) is 10.1. The van der Waals surface area contributed by atoms with Crippen molar-refractivity contribution in [2.24, 2.45) is 0 Å². The Kier molecular flexibility index (Phi) is 6.25. The molecule has 5 nitrogen and oxygen atoms in total. The molecular formula is C13H20ClF3N4O. The van der Waals surface area contributed by atoms with E-state index in [0.29, 0.717) is 6.54 Å². The number of carbonyl (C=O) groups excluding carboxylic acids is 1. The Morgan fingerprint density at radius 3 is 2.50 bits per heavy atom. The van der Waals surface area contributed by atoms with E-state index in [9.17, 15) is 18.0 Å². The third-order valence-corrected chi connectivity index (χ3v) is 3.63. The molecule has 1 amide bonds. The van der Waals surface area contributed by atoms with Crippen LogP contribution < -0.4 is 5.32 Å². The van der Waals surface area contributed by atoms with Crippen molar-refractivity contribution >= 4 is 17.5 Å². The first kappa shape index (κ1) is 18.8. The smallest absolute Gasteiger partial charge is 0.354 e. The second-order valence-corrected chi connectivity index (χ2v) is 5.69. The normalized spacial score (nSPS) is 13.5. The van der Waals surface area contributed by atoms with Gasteiger partial charge in [-0.25, -0.2) is 0 Å². The number of nitrogens with one attached hydrogen (secondary N) is 1. The van der Waals surface area contributed by atoms with Crippen molar-refractivity contribution in [3.63, 3.8) is 0 Å². The molecule has 0 bridgehead atoms. The van der Waals surface area contributed by atoms with Crippen LogP contribution in [0.2, 0.25) is 5.02 Å². The monoisotopic (exact) mass is 340 g/mol. The molecule has 0 fully saturated rings. The molecule has 1 aromatic heterocycles. The van der Waals surface area contributed by atoms with Gasteiger partial charge >= 0.3 is 6.18 Å². The van der Waals surface area contributed by atoms with Crippen LogP contribution in [0.1, 0.15) is 30.8 Å². The average Bonchev–Trinajstić information content (AvgIpc) is 2.70. The van der Waals surface area contributed by atoms with Gasteiger partial charge in [-0.3, -0.25) is 9.48 Å². The molecule has 0 saturated heterocycles. The highest BCUT2D eigenvalue weighted by atomic mass is 35.5. The minimum atomic E-state index is -4.64. The number of carbonyl (C=O) groups is 1. The highest BCUT2D eigenvalue weighted by Crippen LogP contribution is 2.36. The fourth-order valence-electron chi connectivity index (χ4n) is 1.92. The fourth-order valence-corrected chi connectivity index (χ4v) is 2.15. The van der Waals surface area contributed by atoms with E-state index in [1.807, 2.05) is 19.0 Å². The van der Waals surface area contributed by atoms with Crippen LogP contribution >= 0.6 is 11.6 Å². The zero-order valence-electron chi connectivity index (χ0n) is 13.0. The highest BCUT2D eigenvalue weighted by Gasteiger charge is 2.39. The lowest BCUT2D eigenvalue weighted by molar-refractivity contribution is -0.141. The lowest BCUT2D eigenvalue weighted by atomic mass is 10.3. The number of hydrogen-bond acceptors (Lipinski definition) is 3. The Morgan fingerprint density at radius 1 is 1.45 bits per heavy atom. The molecule has 0 aromatic carbocycles. The molecule has 126 valence electrons. The third-order valence-electron chi connectivity index (χ3n) is 3.17. The maximum absolute atomic E-state index is 12.8. The third kappa shape index (κ3) is 4.61. The molecule has 0 aliphatic rings. The summed E-state index contributed by atoms with van der Waals surface area (Å²) in [5.74, 6) is -0.394. The molecule has 0 aliphatic heterocycles. The van der Waals surface area contributed by atoms with Crippen molar-refractivity contribution in [1.82, 2.24) is 20.0 Å². The first-order valence-electron chi connectivity index (χ1n) is 6.80. The summed E-state index contributed by atoms with van der Waals surface area (Å²) in [6, 6.07) is -0.868. The van der Waals surface area contributed by atoms with Crippen LogP contribution in [0.5, 0.6) is 0 Å². The predicted molar refractivity (Wildman–Crippen MR) is 77.9 cm³/mol. The topological polar surface area (TPSA) is 50.2 Å². The summed E-state index contributed by atoms with van der Waals surface area (Å²) in [7, 11) is 3.83. The predicted octanol–water partition coefficient (Wildman–Crippen LogP) is 2.49. The van der Waals surface area contributed by atoms with Gasteiger partial charge in [-0.15, -0.1) is 0 Å². The van der Waals surface area contributed by atoms with E-state index in [2.05, 4.69) is 10.4 Å². The number of amides is 1. The summed E-state index contributed by atoms with van der Waals surface area (Å²) in [6.07, 6.45) is -3.90. The van der Waals surface area contributed by atoms with Gasteiger partial charge in [0.15, 0.2) is 5.69 Å². The van der Waals surface area contributed by atoms with E-state index in [1.165, 1.54) is 13.8 Å². The molecule has 1 N–H and O–H groups in total. The summed E-state index contributed by atoms with van der Waals surface area (Å²) < 4.78 is 39.3. The van der Waals surface area contributed by atoms with Crippen molar-refractivity contribution in [2.45, 2.75) is 32.5 Å². The van der Waals surface area contributed by atoms with Crippen molar-refractivity contribution in [3.05, 3.63) is 16.4 Å². The number of halogens is 4. The van der Waals surface area contributed by atoms with Gasteiger partial charge in [-0.05, 0) is 40.9 Å². The molecule has 1 atom stereocenters. The van der Waals surface area contributed by atoms with Gasteiger partial charge in [0.1, 0.15) is 6.04 Å². The summed E-state index contributed by atoms with van der Waals surface area (Å²) >= 11 is 5.67. The molecule has 1 heterocycles.